The molecule has 114 valence electrons. The molecule has 1 aliphatic carbocycles. The molecule has 0 spiro atoms. The summed E-state index contributed by atoms with van der Waals surface area (Å²) in [5.74, 6) is 1.73. The lowest BCUT2D eigenvalue weighted by Crippen LogP contribution is -2.09. The zero-order valence-electron chi connectivity index (χ0n) is 12.8. The number of aryl methyl sites for hydroxylation is 2. The normalized spacial score (nSPS) is 17.6. The van der Waals surface area contributed by atoms with E-state index in [4.69, 9.17) is 0 Å². The van der Waals surface area contributed by atoms with Gasteiger partial charge in [-0.25, -0.2) is 9.97 Å². The van der Waals surface area contributed by atoms with Crippen LogP contribution in [0, 0.1) is 12.8 Å². The number of aromatic nitrogens is 4. The summed E-state index contributed by atoms with van der Waals surface area (Å²) in [6.45, 7) is 5.10. The molecule has 3 heterocycles. The van der Waals surface area contributed by atoms with Gasteiger partial charge in [0.25, 0.3) is 0 Å². The molecule has 0 amide bonds. The van der Waals surface area contributed by atoms with Crippen LogP contribution in [0.2, 0.25) is 0 Å². The maximum atomic E-state index is 4.49. The second-order valence-electron chi connectivity index (χ2n) is 6.13. The van der Waals surface area contributed by atoms with Crippen LogP contribution in [0.4, 0.5) is 5.82 Å². The topological polar surface area (TPSA) is 66.5 Å². The summed E-state index contributed by atoms with van der Waals surface area (Å²) in [5, 5.41) is 11.7. The van der Waals surface area contributed by atoms with Crippen molar-refractivity contribution in [2.45, 2.75) is 39.7 Å². The van der Waals surface area contributed by atoms with Gasteiger partial charge in [-0.2, -0.15) is 5.10 Å². The fourth-order valence-corrected chi connectivity index (χ4v) is 4.49. The first kappa shape index (κ1) is 13.7. The fraction of sp³-hybridized carbons (Fsp3) is 0.438. The Labute approximate surface area is 133 Å². The van der Waals surface area contributed by atoms with Gasteiger partial charge in [0.15, 0.2) is 0 Å². The molecule has 22 heavy (non-hydrogen) atoms. The molecule has 2 N–H and O–H groups in total. The molecule has 1 atom stereocenters. The van der Waals surface area contributed by atoms with Crippen molar-refractivity contribution in [2.24, 2.45) is 5.92 Å². The van der Waals surface area contributed by atoms with Crippen LogP contribution in [0.25, 0.3) is 10.2 Å². The Hall–Kier alpha value is -1.95. The Morgan fingerprint density at radius 3 is 3.14 bits per heavy atom. The smallest absolute Gasteiger partial charge is 0.138 e. The minimum Gasteiger partial charge on any atom is -0.365 e. The van der Waals surface area contributed by atoms with Crippen LogP contribution >= 0.6 is 11.3 Å². The largest absolute Gasteiger partial charge is 0.365 e. The molecule has 0 aromatic carbocycles. The number of hydrogen-bond acceptors (Lipinski definition) is 5. The molecule has 0 fully saturated rings. The fourth-order valence-electron chi connectivity index (χ4n) is 3.14. The third-order valence-corrected chi connectivity index (χ3v) is 5.63. The lowest BCUT2D eigenvalue weighted by molar-refractivity contribution is 0.509. The van der Waals surface area contributed by atoms with E-state index in [-0.39, 0.29) is 0 Å². The number of fused-ring (bicyclic) bond motifs is 3. The molecular weight excluding hydrogens is 294 g/mol. The molecule has 1 aliphatic rings. The Morgan fingerprint density at radius 1 is 1.41 bits per heavy atom. The summed E-state index contributed by atoms with van der Waals surface area (Å²) in [7, 11) is 0. The van der Waals surface area contributed by atoms with Gasteiger partial charge in [-0.05, 0) is 37.7 Å². The summed E-state index contributed by atoms with van der Waals surface area (Å²) < 4.78 is 0. The predicted molar refractivity (Wildman–Crippen MR) is 89.3 cm³/mol. The van der Waals surface area contributed by atoms with Crippen molar-refractivity contribution in [1.82, 2.24) is 20.2 Å². The number of thiophene rings is 1. The van der Waals surface area contributed by atoms with Crippen molar-refractivity contribution >= 4 is 27.4 Å². The van der Waals surface area contributed by atoms with Crippen LogP contribution in [0.3, 0.4) is 0 Å². The van der Waals surface area contributed by atoms with Crippen LogP contribution in [-0.2, 0) is 19.4 Å². The van der Waals surface area contributed by atoms with E-state index < -0.39 is 0 Å². The Morgan fingerprint density at radius 2 is 2.32 bits per heavy atom. The zero-order chi connectivity index (χ0) is 15.1. The summed E-state index contributed by atoms with van der Waals surface area (Å²) in [6, 6.07) is 0. The van der Waals surface area contributed by atoms with Gasteiger partial charge in [0.05, 0.1) is 11.6 Å². The SMILES string of the molecule is Cc1[nH]ncc1CNc1ncnc2sc3c(c12)CC[C@H](C)C3. The molecule has 0 bridgehead atoms. The number of anilines is 1. The van der Waals surface area contributed by atoms with Gasteiger partial charge in [-0.3, -0.25) is 5.10 Å². The number of H-pyrrole nitrogens is 1. The average molecular weight is 313 g/mol. The minimum absolute atomic E-state index is 0.732. The maximum Gasteiger partial charge on any atom is 0.138 e. The summed E-state index contributed by atoms with van der Waals surface area (Å²) in [5.41, 5.74) is 3.73. The van der Waals surface area contributed by atoms with E-state index >= 15 is 0 Å². The molecule has 0 aliphatic heterocycles. The standard InChI is InChI=1S/C16H19N5S/c1-9-3-4-12-13(5-9)22-16-14(12)15(18-8-19-16)17-6-11-7-20-21-10(11)2/h7-9H,3-6H2,1-2H3,(H,20,21)(H,17,18,19)/t9-/m0/s1. The highest BCUT2D eigenvalue weighted by Crippen LogP contribution is 2.39. The lowest BCUT2D eigenvalue weighted by Gasteiger charge is -2.18. The van der Waals surface area contributed by atoms with Crippen LogP contribution in [0.15, 0.2) is 12.5 Å². The van der Waals surface area contributed by atoms with E-state index in [1.807, 2.05) is 24.5 Å². The Kier molecular flexibility index (Phi) is 3.33. The first-order valence-electron chi connectivity index (χ1n) is 7.70. The second-order valence-corrected chi connectivity index (χ2v) is 7.21. The highest BCUT2D eigenvalue weighted by Gasteiger charge is 2.23. The Balaban J connectivity index is 1.70. The van der Waals surface area contributed by atoms with E-state index in [1.54, 1.807) is 6.33 Å². The van der Waals surface area contributed by atoms with Gasteiger partial charge in [0, 0.05) is 22.7 Å². The van der Waals surface area contributed by atoms with Gasteiger partial charge >= 0.3 is 0 Å². The summed E-state index contributed by atoms with van der Waals surface area (Å²) in [4.78, 5) is 11.6. The molecule has 5 nitrogen and oxygen atoms in total. The lowest BCUT2D eigenvalue weighted by atomic mass is 9.89. The molecule has 3 aromatic rings. The second kappa shape index (κ2) is 5.35. The van der Waals surface area contributed by atoms with Crippen molar-refractivity contribution < 1.29 is 0 Å². The van der Waals surface area contributed by atoms with E-state index in [0.717, 1.165) is 35.2 Å². The van der Waals surface area contributed by atoms with Crippen LogP contribution < -0.4 is 5.32 Å². The number of nitrogens with zero attached hydrogens (tertiary/aromatic N) is 3. The van der Waals surface area contributed by atoms with Crippen molar-refractivity contribution in [3.05, 3.63) is 34.2 Å². The van der Waals surface area contributed by atoms with Crippen LogP contribution in [0.5, 0.6) is 0 Å². The molecule has 0 radical (unpaired) electrons. The van der Waals surface area contributed by atoms with Gasteiger partial charge in [0.2, 0.25) is 0 Å². The van der Waals surface area contributed by atoms with Gasteiger partial charge in [-0.15, -0.1) is 11.3 Å². The van der Waals surface area contributed by atoms with Crippen LogP contribution in [-0.4, -0.2) is 20.2 Å². The molecule has 3 aromatic heterocycles. The predicted octanol–water partition coefficient (Wildman–Crippen LogP) is 3.46. The van der Waals surface area contributed by atoms with E-state index in [1.165, 1.54) is 34.2 Å². The third-order valence-electron chi connectivity index (χ3n) is 4.47. The van der Waals surface area contributed by atoms with Crippen molar-refractivity contribution in [2.75, 3.05) is 5.32 Å². The van der Waals surface area contributed by atoms with Crippen molar-refractivity contribution in [1.29, 1.82) is 0 Å². The van der Waals surface area contributed by atoms with E-state index in [0.29, 0.717) is 0 Å². The molecule has 4 rings (SSSR count). The maximum absolute atomic E-state index is 4.49. The molecular formula is C16H19N5S. The zero-order valence-corrected chi connectivity index (χ0v) is 13.6. The van der Waals surface area contributed by atoms with Gasteiger partial charge in [0.1, 0.15) is 17.0 Å². The van der Waals surface area contributed by atoms with E-state index in [2.05, 4.69) is 32.4 Å². The minimum atomic E-state index is 0.732. The van der Waals surface area contributed by atoms with Crippen LogP contribution in [0.1, 0.15) is 35.0 Å². The summed E-state index contributed by atoms with van der Waals surface area (Å²) in [6.07, 6.45) is 7.11. The highest BCUT2D eigenvalue weighted by molar-refractivity contribution is 7.19. The van der Waals surface area contributed by atoms with Crippen molar-refractivity contribution in [3.8, 4) is 0 Å². The molecule has 6 heteroatoms. The quantitative estimate of drug-likeness (QED) is 0.777. The average Bonchev–Trinajstić information content (AvgIpc) is 3.07. The number of hydrogen-bond donors (Lipinski definition) is 2. The third kappa shape index (κ3) is 2.27. The number of aromatic amines is 1. The van der Waals surface area contributed by atoms with Gasteiger partial charge < -0.3 is 5.32 Å². The number of rotatable bonds is 3. The first-order chi connectivity index (χ1) is 10.7. The molecule has 0 saturated carbocycles. The first-order valence-corrected chi connectivity index (χ1v) is 8.52. The molecule has 0 saturated heterocycles. The summed E-state index contributed by atoms with van der Waals surface area (Å²) >= 11 is 1.83. The van der Waals surface area contributed by atoms with Gasteiger partial charge in [-0.1, -0.05) is 6.92 Å². The number of nitrogens with one attached hydrogen (secondary N) is 2. The van der Waals surface area contributed by atoms with E-state index in [9.17, 15) is 0 Å². The van der Waals surface area contributed by atoms with Crippen molar-refractivity contribution in [3.63, 3.8) is 0 Å². The molecule has 0 unspecified atom stereocenters. The Bertz CT molecular complexity index is 819. The highest BCUT2D eigenvalue weighted by atomic mass is 32.1. The monoisotopic (exact) mass is 313 g/mol.